The lowest BCUT2D eigenvalue weighted by Gasteiger charge is -2.19. The number of aromatic amines is 1. The summed E-state index contributed by atoms with van der Waals surface area (Å²) < 4.78 is 0. The van der Waals surface area contributed by atoms with Gasteiger partial charge >= 0.3 is 0 Å². The highest BCUT2D eigenvalue weighted by molar-refractivity contribution is 5.31. The third-order valence-corrected chi connectivity index (χ3v) is 2.74. The van der Waals surface area contributed by atoms with Crippen molar-refractivity contribution in [2.75, 3.05) is 14.1 Å². The highest BCUT2D eigenvalue weighted by Gasteiger charge is 2.15. The number of rotatable bonds is 3. The van der Waals surface area contributed by atoms with Crippen molar-refractivity contribution in [2.45, 2.75) is 26.3 Å². The van der Waals surface area contributed by atoms with E-state index >= 15 is 0 Å². The number of aryl methyl sites for hydroxylation is 1. The van der Waals surface area contributed by atoms with Crippen LogP contribution in [0.1, 0.15) is 31.1 Å². The van der Waals surface area contributed by atoms with Crippen LogP contribution >= 0.6 is 0 Å². The molecule has 0 saturated heterocycles. The first-order valence-corrected chi connectivity index (χ1v) is 5.08. The van der Waals surface area contributed by atoms with Crippen LogP contribution in [-0.2, 0) is 6.42 Å². The van der Waals surface area contributed by atoms with Crippen molar-refractivity contribution >= 4 is 0 Å². The fraction of sp³-hybridized carbons (Fsp3) is 0.545. The summed E-state index contributed by atoms with van der Waals surface area (Å²) in [5, 5.41) is 9.65. The average molecular weight is 210 g/mol. The minimum absolute atomic E-state index is 0.00874. The maximum atomic E-state index is 11.8. The Morgan fingerprint density at radius 3 is 2.60 bits per heavy atom. The van der Waals surface area contributed by atoms with Gasteiger partial charge in [0, 0.05) is 17.8 Å². The van der Waals surface area contributed by atoms with Crippen LogP contribution in [0.3, 0.4) is 0 Å². The summed E-state index contributed by atoms with van der Waals surface area (Å²) in [5.74, 6) is -0.149. The second-order valence-corrected chi connectivity index (χ2v) is 3.89. The van der Waals surface area contributed by atoms with E-state index in [1.54, 1.807) is 6.20 Å². The fourth-order valence-corrected chi connectivity index (χ4v) is 1.43. The first kappa shape index (κ1) is 11.8. The van der Waals surface area contributed by atoms with Gasteiger partial charge in [-0.2, -0.15) is 0 Å². The van der Waals surface area contributed by atoms with Gasteiger partial charge in [-0.15, -0.1) is 0 Å². The van der Waals surface area contributed by atoms with Crippen molar-refractivity contribution in [3.63, 3.8) is 0 Å². The van der Waals surface area contributed by atoms with Gasteiger partial charge in [-0.1, -0.05) is 6.92 Å². The van der Waals surface area contributed by atoms with Crippen LogP contribution in [0.4, 0.5) is 0 Å². The summed E-state index contributed by atoms with van der Waals surface area (Å²) >= 11 is 0. The standard InChI is InChI=1S/C11H18N2O2/c1-5-9-11(15)10(14)8(6-12-9)7(2)13(3)4/h6-7,15H,5H2,1-4H3,(H,12,14). The maximum Gasteiger partial charge on any atom is 0.228 e. The summed E-state index contributed by atoms with van der Waals surface area (Å²) in [4.78, 5) is 16.7. The molecule has 0 radical (unpaired) electrons. The van der Waals surface area contributed by atoms with Crippen LogP contribution in [-0.4, -0.2) is 29.1 Å². The number of aromatic hydroxyl groups is 1. The highest BCUT2D eigenvalue weighted by atomic mass is 16.3. The molecule has 4 heteroatoms. The van der Waals surface area contributed by atoms with Crippen LogP contribution in [0, 0.1) is 0 Å². The number of pyridine rings is 1. The lowest BCUT2D eigenvalue weighted by atomic mass is 10.1. The van der Waals surface area contributed by atoms with E-state index in [1.807, 2.05) is 32.8 Å². The van der Waals surface area contributed by atoms with Gasteiger partial charge in [0.25, 0.3) is 0 Å². The van der Waals surface area contributed by atoms with Crippen molar-refractivity contribution < 1.29 is 5.11 Å². The van der Waals surface area contributed by atoms with Crippen molar-refractivity contribution in [2.24, 2.45) is 0 Å². The van der Waals surface area contributed by atoms with Gasteiger partial charge < -0.3 is 15.0 Å². The number of nitrogens with zero attached hydrogens (tertiary/aromatic N) is 1. The Morgan fingerprint density at radius 1 is 1.53 bits per heavy atom. The van der Waals surface area contributed by atoms with Gasteiger partial charge in [-0.05, 0) is 27.4 Å². The van der Waals surface area contributed by atoms with E-state index in [9.17, 15) is 9.90 Å². The molecular weight excluding hydrogens is 192 g/mol. The predicted molar refractivity (Wildman–Crippen MR) is 60.2 cm³/mol. The van der Waals surface area contributed by atoms with Crippen molar-refractivity contribution in [3.05, 3.63) is 27.7 Å². The van der Waals surface area contributed by atoms with Gasteiger partial charge in [-0.3, -0.25) is 4.79 Å². The number of nitrogens with one attached hydrogen (secondary N) is 1. The van der Waals surface area contributed by atoms with Crippen LogP contribution in [0.25, 0.3) is 0 Å². The van der Waals surface area contributed by atoms with E-state index in [4.69, 9.17) is 0 Å². The molecule has 0 amide bonds. The van der Waals surface area contributed by atoms with Gasteiger partial charge in [0.15, 0.2) is 5.75 Å². The molecule has 1 atom stereocenters. The van der Waals surface area contributed by atoms with Gasteiger partial charge in [-0.25, -0.2) is 0 Å². The summed E-state index contributed by atoms with van der Waals surface area (Å²) in [7, 11) is 3.80. The Kier molecular flexibility index (Phi) is 3.52. The number of hydrogen-bond donors (Lipinski definition) is 2. The fourth-order valence-electron chi connectivity index (χ4n) is 1.43. The highest BCUT2D eigenvalue weighted by Crippen LogP contribution is 2.17. The molecule has 0 fully saturated rings. The summed E-state index contributed by atoms with van der Waals surface area (Å²) in [6, 6.07) is -0.00874. The molecule has 0 saturated carbocycles. The topological polar surface area (TPSA) is 56.3 Å². The molecule has 1 aromatic heterocycles. The molecule has 1 aromatic rings. The Balaban J connectivity index is 3.24. The van der Waals surface area contributed by atoms with Crippen LogP contribution < -0.4 is 5.43 Å². The first-order valence-electron chi connectivity index (χ1n) is 5.08. The third kappa shape index (κ3) is 2.21. The SMILES string of the molecule is CCc1[nH]cc(C(C)N(C)C)c(=O)c1O. The molecule has 0 spiro atoms. The molecule has 4 nitrogen and oxygen atoms in total. The average Bonchev–Trinajstić information content (AvgIpc) is 2.21. The van der Waals surface area contributed by atoms with Gasteiger partial charge in [0.1, 0.15) is 0 Å². The second-order valence-electron chi connectivity index (χ2n) is 3.89. The van der Waals surface area contributed by atoms with Gasteiger partial charge in [0.05, 0.1) is 5.69 Å². The Hall–Kier alpha value is -1.29. The second kappa shape index (κ2) is 4.49. The molecule has 0 aromatic carbocycles. The minimum atomic E-state index is -0.271. The molecule has 0 aliphatic carbocycles. The van der Waals surface area contributed by atoms with E-state index in [0.29, 0.717) is 17.7 Å². The van der Waals surface area contributed by atoms with E-state index < -0.39 is 0 Å². The predicted octanol–water partition coefficient (Wildman–Crippen LogP) is 1.27. The third-order valence-electron chi connectivity index (χ3n) is 2.74. The van der Waals surface area contributed by atoms with Crippen molar-refractivity contribution in [1.82, 2.24) is 9.88 Å². The molecule has 15 heavy (non-hydrogen) atoms. The Labute approximate surface area is 89.6 Å². The molecule has 1 rings (SSSR count). The summed E-state index contributed by atoms with van der Waals surface area (Å²) in [5.41, 5.74) is 0.913. The Bertz CT molecular complexity index is 396. The smallest absolute Gasteiger partial charge is 0.228 e. The zero-order chi connectivity index (χ0) is 11.6. The lowest BCUT2D eigenvalue weighted by molar-refractivity contribution is 0.317. The molecule has 2 N–H and O–H groups in total. The van der Waals surface area contributed by atoms with Crippen LogP contribution in [0.15, 0.2) is 11.0 Å². The van der Waals surface area contributed by atoms with E-state index in [-0.39, 0.29) is 17.2 Å². The van der Waals surface area contributed by atoms with E-state index in [0.717, 1.165) is 0 Å². The van der Waals surface area contributed by atoms with Crippen LogP contribution in [0.2, 0.25) is 0 Å². The van der Waals surface area contributed by atoms with E-state index in [2.05, 4.69) is 4.98 Å². The molecule has 84 valence electrons. The Morgan fingerprint density at radius 2 is 2.13 bits per heavy atom. The molecule has 1 unspecified atom stereocenters. The molecule has 0 aliphatic rings. The van der Waals surface area contributed by atoms with Crippen molar-refractivity contribution in [3.8, 4) is 5.75 Å². The lowest BCUT2D eigenvalue weighted by Crippen LogP contribution is -2.23. The summed E-state index contributed by atoms with van der Waals surface area (Å²) in [6.07, 6.45) is 2.31. The molecule has 0 aliphatic heterocycles. The quantitative estimate of drug-likeness (QED) is 0.789. The normalized spacial score (nSPS) is 13.1. The number of H-pyrrole nitrogens is 1. The maximum absolute atomic E-state index is 11.8. The van der Waals surface area contributed by atoms with Crippen molar-refractivity contribution in [1.29, 1.82) is 0 Å². The summed E-state index contributed by atoms with van der Waals surface area (Å²) in [6.45, 7) is 3.82. The molecular formula is C11H18N2O2. The first-order chi connectivity index (χ1) is 6.99. The zero-order valence-corrected chi connectivity index (χ0v) is 9.66. The monoisotopic (exact) mass is 210 g/mol. The van der Waals surface area contributed by atoms with Crippen LogP contribution in [0.5, 0.6) is 5.75 Å². The number of aromatic nitrogens is 1. The molecule has 1 heterocycles. The zero-order valence-electron chi connectivity index (χ0n) is 9.66. The van der Waals surface area contributed by atoms with E-state index in [1.165, 1.54) is 0 Å². The largest absolute Gasteiger partial charge is 0.503 e. The number of hydrogen-bond acceptors (Lipinski definition) is 3. The molecule has 0 bridgehead atoms. The minimum Gasteiger partial charge on any atom is -0.503 e. The van der Waals surface area contributed by atoms with Gasteiger partial charge in [0.2, 0.25) is 5.43 Å².